The number of carbonyl (C=O) groups is 1. The van der Waals surface area contributed by atoms with Crippen LogP contribution in [0.5, 0.6) is 11.5 Å². The molecule has 7 heteroatoms. The molecule has 0 radical (unpaired) electrons. The van der Waals surface area contributed by atoms with E-state index in [1.54, 1.807) is 47.1 Å². The fourth-order valence-electron chi connectivity index (χ4n) is 2.65. The van der Waals surface area contributed by atoms with Crippen LogP contribution in [-0.4, -0.2) is 22.9 Å². The first-order valence-electron chi connectivity index (χ1n) is 8.07. The van der Waals surface area contributed by atoms with Crippen molar-refractivity contribution in [2.45, 2.75) is 13.8 Å². The Kier molecular flexibility index (Phi) is 5.15. The molecule has 1 aromatic heterocycles. The zero-order chi connectivity index (χ0) is 19.6. The Morgan fingerprint density at radius 3 is 2.48 bits per heavy atom. The summed E-state index contributed by atoms with van der Waals surface area (Å²) in [4.78, 5) is 11.5. The zero-order valence-electron chi connectivity index (χ0n) is 15.0. The molecule has 0 amide bonds. The van der Waals surface area contributed by atoms with Crippen molar-refractivity contribution in [1.82, 2.24) is 9.78 Å². The number of nitrogens with zero attached hydrogens (tertiary/aromatic N) is 3. The van der Waals surface area contributed by atoms with Gasteiger partial charge in [0.15, 0.2) is 5.75 Å². The van der Waals surface area contributed by atoms with Crippen molar-refractivity contribution in [1.29, 1.82) is 5.26 Å². The van der Waals surface area contributed by atoms with Gasteiger partial charge in [0, 0.05) is 0 Å². The number of esters is 1. The van der Waals surface area contributed by atoms with Crippen molar-refractivity contribution in [3.63, 3.8) is 0 Å². The van der Waals surface area contributed by atoms with Crippen LogP contribution in [0.2, 0.25) is 5.02 Å². The minimum atomic E-state index is -0.403. The highest BCUT2D eigenvalue weighted by Crippen LogP contribution is 2.31. The topological polar surface area (TPSA) is 77.1 Å². The molecule has 1 heterocycles. The van der Waals surface area contributed by atoms with E-state index in [2.05, 4.69) is 9.84 Å². The smallest absolute Gasteiger partial charge is 0.337 e. The molecule has 0 aliphatic carbocycles. The summed E-state index contributed by atoms with van der Waals surface area (Å²) >= 11 is 6.13. The molecule has 0 atom stereocenters. The molecule has 0 aliphatic rings. The molecule has 136 valence electrons. The molecule has 27 heavy (non-hydrogen) atoms. The van der Waals surface area contributed by atoms with Gasteiger partial charge in [-0.25, -0.2) is 9.48 Å². The Balaban J connectivity index is 1.91. The van der Waals surface area contributed by atoms with Gasteiger partial charge in [-0.2, -0.15) is 10.4 Å². The summed E-state index contributed by atoms with van der Waals surface area (Å²) < 4.78 is 12.4. The summed E-state index contributed by atoms with van der Waals surface area (Å²) in [6.45, 7) is 3.72. The number of nitriles is 1. The van der Waals surface area contributed by atoms with Gasteiger partial charge in [-0.15, -0.1) is 0 Å². The number of ether oxygens (including phenoxy) is 2. The Hall–Kier alpha value is -3.30. The molecular weight excluding hydrogens is 366 g/mol. The van der Waals surface area contributed by atoms with Gasteiger partial charge in [0.25, 0.3) is 0 Å². The summed E-state index contributed by atoms with van der Waals surface area (Å²) in [6.07, 6.45) is 0. The molecule has 3 aromatic rings. The van der Waals surface area contributed by atoms with Crippen LogP contribution in [-0.2, 0) is 4.74 Å². The zero-order valence-corrected chi connectivity index (χ0v) is 15.7. The van der Waals surface area contributed by atoms with Crippen molar-refractivity contribution in [2.24, 2.45) is 0 Å². The van der Waals surface area contributed by atoms with Gasteiger partial charge in [-0.1, -0.05) is 11.6 Å². The molecule has 0 unspecified atom stereocenters. The highest BCUT2D eigenvalue weighted by Gasteiger charge is 2.16. The molecule has 0 saturated carbocycles. The molecule has 3 rings (SSSR count). The van der Waals surface area contributed by atoms with Crippen LogP contribution in [0.3, 0.4) is 0 Å². The first-order chi connectivity index (χ1) is 12.9. The van der Waals surface area contributed by atoms with Gasteiger partial charge < -0.3 is 9.47 Å². The summed E-state index contributed by atoms with van der Waals surface area (Å²) in [5.74, 6) is 0.784. The minimum Gasteiger partial charge on any atom is -0.465 e. The van der Waals surface area contributed by atoms with E-state index in [4.69, 9.17) is 21.6 Å². The lowest BCUT2D eigenvalue weighted by Crippen LogP contribution is -2.00. The highest BCUT2D eigenvalue weighted by molar-refractivity contribution is 6.31. The van der Waals surface area contributed by atoms with Crippen molar-refractivity contribution in [2.75, 3.05) is 7.11 Å². The average Bonchev–Trinajstić information content (AvgIpc) is 2.96. The van der Waals surface area contributed by atoms with E-state index in [0.29, 0.717) is 33.3 Å². The lowest BCUT2D eigenvalue weighted by atomic mass is 10.2. The number of carbonyl (C=O) groups excluding carboxylic acids is 1. The maximum atomic E-state index is 11.5. The summed E-state index contributed by atoms with van der Waals surface area (Å²) in [7, 11) is 1.34. The van der Waals surface area contributed by atoms with Gasteiger partial charge in [0.2, 0.25) is 0 Å². The van der Waals surface area contributed by atoms with Crippen LogP contribution in [0.4, 0.5) is 0 Å². The van der Waals surface area contributed by atoms with E-state index in [9.17, 15) is 4.79 Å². The van der Waals surface area contributed by atoms with Crippen molar-refractivity contribution < 1.29 is 14.3 Å². The fourth-order valence-corrected chi connectivity index (χ4v) is 2.87. The number of aromatic nitrogens is 2. The fraction of sp³-hybridized carbons (Fsp3) is 0.150. The SMILES string of the molecule is COC(=O)c1ccc(Oc2c(C)nn(-c3ccc(C#N)c(Cl)c3)c2C)cc1. The first kappa shape index (κ1) is 18.5. The number of halogens is 1. The molecule has 0 spiro atoms. The van der Waals surface area contributed by atoms with E-state index >= 15 is 0 Å². The second kappa shape index (κ2) is 7.52. The molecule has 2 aromatic carbocycles. The van der Waals surface area contributed by atoms with Gasteiger partial charge in [0.1, 0.15) is 17.5 Å². The van der Waals surface area contributed by atoms with Gasteiger partial charge in [0.05, 0.1) is 34.6 Å². The molecule has 0 fully saturated rings. The molecule has 0 N–H and O–H groups in total. The van der Waals surface area contributed by atoms with Crippen LogP contribution < -0.4 is 4.74 Å². The first-order valence-corrected chi connectivity index (χ1v) is 8.45. The second-order valence-corrected chi connectivity index (χ2v) is 6.21. The van der Waals surface area contributed by atoms with Gasteiger partial charge in [-0.05, 0) is 56.3 Å². The van der Waals surface area contributed by atoms with E-state index in [1.807, 2.05) is 19.9 Å². The van der Waals surface area contributed by atoms with Gasteiger partial charge in [-0.3, -0.25) is 0 Å². The summed E-state index contributed by atoms with van der Waals surface area (Å²) in [5, 5.41) is 13.9. The maximum absolute atomic E-state index is 11.5. The predicted molar refractivity (Wildman–Crippen MR) is 101 cm³/mol. The molecule has 0 bridgehead atoms. The predicted octanol–water partition coefficient (Wildman–Crippen LogP) is 4.59. The minimum absolute atomic E-state index is 0.364. The van der Waals surface area contributed by atoms with Crippen molar-refractivity contribution in [3.8, 4) is 23.3 Å². The van der Waals surface area contributed by atoms with Crippen LogP contribution in [0.25, 0.3) is 5.69 Å². The van der Waals surface area contributed by atoms with Crippen molar-refractivity contribution in [3.05, 3.63) is 70.0 Å². The molecular formula is C20H16ClN3O3. The number of rotatable bonds is 4. The highest BCUT2D eigenvalue weighted by atomic mass is 35.5. The number of hydrogen-bond acceptors (Lipinski definition) is 5. The third kappa shape index (κ3) is 3.64. The lowest BCUT2D eigenvalue weighted by molar-refractivity contribution is 0.0600. The normalized spacial score (nSPS) is 10.3. The maximum Gasteiger partial charge on any atom is 0.337 e. The standard InChI is InChI=1S/C20H16ClN3O3/c1-12-19(27-17-8-5-14(6-9-17)20(25)26-3)13(2)24(23-12)16-7-4-15(11-22)18(21)10-16/h4-10H,1-3H3. The number of hydrogen-bond donors (Lipinski definition) is 0. The van der Waals surface area contributed by atoms with E-state index in [0.717, 1.165) is 11.4 Å². The quantitative estimate of drug-likeness (QED) is 0.617. The van der Waals surface area contributed by atoms with Gasteiger partial charge >= 0.3 is 5.97 Å². The molecule has 0 saturated heterocycles. The Morgan fingerprint density at radius 2 is 1.89 bits per heavy atom. The third-order valence-corrected chi connectivity index (χ3v) is 4.35. The second-order valence-electron chi connectivity index (χ2n) is 5.81. The van der Waals surface area contributed by atoms with E-state index < -0.39 is 5.97 Å². The monoisotopic (exact) mass is 381 g/mol. The van der Waals surface area contributed by atoms with Crippen LogP contribution in [0.15, 0.2) is 42.5 Å². The number of methoxy groups -OCH3 is 1. The third-order valence-electron chi connectivity index (χ3n) is 4.04. The number of benzene rings is 2. The Labute approximate surface area is 161 Å². The Bertz CT molecular complexity index is 1050. The lowest BCUT2D eigenvalue weighted by Gasteiger charge is -2.08. The van der Waals surface area contributed by atoms with Crippen LogP contribution >= 0.6 is 11.6 Å². The number of aryl methyl sites for hydroxylation is 1. The van der Waals surface area contributed by atoms with Crippen LogP contribution in [0.1, 0.15) is 27.3 Å². The molecule has 0 aliphatic heterocycles. The molecule has 6 nitrogen and oxygen atoms in total. The van der Waals surface area contributed by atoms with E-state index in [-0.39, 0.29) is 0 Å². The largest absolute Gasteiger partial charge is 0.465 e. The van der Waals surface area contributed by atoms with Crippen molar-refractivity contribution >= 4 is 17.6 Å². The van der Waals surface area contributed by atoms with Crippen LogP contribution in [0, 0.1) is 25.2 Å². The average molecular weight is 382 g/mol. The Morgan fingerprint density at radius 1 is 1.19 bits per heavy atom. The summed E-state index contributed by atoms with van der Waals surface area (Å²) in [6, 6.07) is 13.8. The van der Waals surface area contributed by atoms with E-state index in [1.165, 1.54) is 7.11 Å². The summed E-state index contributed by atoms with van der Waals surface area (Å²) in [5.41, 5.74) is 3.07.